The third-order valence-electron chi connectivity index (χ3n) is 4.66. The van der Waals surface area contributed by atoms with Gasteiger partial charge in [0.05, 0.1) is 4.90 Å². The van der Waals surface area contributed by atoms with Gasteiger partial charge in [0.15, 0.2) is 6.61 Å². The lowest BCUT2D eigenvalue weighted by molar-refractivity contribution is -0.118. The van der Waals surface area contributed by atoms with Gasteiger partial charge in [0.1, 0.15) is 23.1 Å². The highest BCUT2D eigenvalue weighted by Crippen LogP contribution is 2.22. The fourth-order valence-corrected chi connectivity index (χ4v) is 4.47. The van der Waals surface area contributed by atoms with Crippen molar-refractivity contribution in [2.75, 3.05) is 11.9 Å². The second-order valence-corrected chi connectivity index (χ2v) is 8.58. The molecule has 0 aliphatic heterocycles. The van der Waals surface area contributed by atoms with Crippen LogP contribution < -0.4 is 14.8 Å². The number of hydrogen-bond acceptors (Lipinski definition) is 4. The maximum atomic E-state index is 13.5. The molecule has 2 aromatic rings. The maximum Gasteiger partial charge on any atom is 0.262 e. The average molecular weight is 424 g/mol. The Kier molecular flexibility index (Phi) is 6.81. The van der Waals surface area contributed by atoms with Crippen molar-refractivity contribution in [2.24, 2.45) is 0 Å². The summed E-state index contributed by atoms with van der Waals surface area (Å²) in [7, 11) is -3.63. The highest BCUT2D eigenvalue weighted by Gasteiger charge is 2.21. The minimum atomic E-state index is -3.63. The largest absolute Gasteiger partial charge is 0.484 e. The van der Waals surface area contributed by atoms with Gasteiger partial charge in [0.2, 0.25) is 10.0 Å². The lowest BCUT2D eigenvalue weighted by Crippen LogP contribution is -2.36. The van der Waals surface area contributed by atoms with Crippen molar-refractivity contribution in [1.82, 2.24) is 4.72 Å². The molecule has 156 valence electrons. The Hall–Kier alpha value is -2.52. The molecule has 0 radical (unpaired) electrons. The number of carbonyl (C=O) groups excluding carboxylic acids is 1. The topological polar surface area (TPSA) is 84.5 Å². The fourth-order valence-electron chi connectivity index (χ4n) is 3.16. The first-order valence-electron chi connectivity index (χ1n) is 9.34. The summed E-state index contributed by atoms with van der Waals surface area (Å²) in [6.07, 6.45) is 4.81. The van der Waals surface area contributed by atoms with E-state index in [2.05, 4.69) is 10.0 Å². The van der Waals surface area contributed by atoms with E-state index in [1.165, 1.54) is 30.3 Å². The molecule has 3 rings (SSSR count). The number of sulfonamides is 1. The quantitative estimate of drug-likeness (QED) is 0.711. The molecular weight excluding hydrogens is 402 g/mol. The Morgan fingerprint density at radius 1 is 1.00 bits per heavy atom. The van der Waals surface area contributed by atoms with Gasteiger partial charge >= 0.3 is 0 Å². The van der Waals surface area contributed by atoms with E-state index < -0.39 is 39.9 Å². The van der Waals surface area contributed by atoms with Crippen molar-refractivity contribution in [3.05, 3.63) is 54.1 Å². The molecule has 0 unspecified atom stereocenters. The van der Waals surface area contributed by atoms with Crippen LogP contribution in [-0.2, 0) is 14.8 Å². The summed E-state index contributed by atoms with van der Waals surface area (Å²) < 4.78 is 60.0. The molecule has 0 aromatic heterocycles. The molecule has 1 aliphatic carbocycles. The third kappa shape index (κ3) is 5.74. The molecule has 0 saturated heterocycles. The normalized spacial score (nSPS) is 15.1. The molecule has 1 fully saturated rings. The van der Waals surface area contributed by atoms with Crippen LogP contribution in [0.3, 0.4) is 0 Å². The molecule has 1 saturated carbocycles. The highest BCUT2D eigenvalue weighted by atomic mass is 32.2. The van der Waals surface area contributed by atoms with Crippen molar-refractivity contribution in [1.29, 1.82) is 0 Å². The predicted octanol–water partition coefficient (Wildman–Crippen LogP) is 3.59. The molecule has 2 aromatic carbocycles. The average Bonchev–Trinajstić information content (AvgIpc) is 2.70. The first-order valence-corrected chi connectivity index (χ1v) is 10.8. The van der Waals surface area contributed by atoms with Crippen LogP contribution in [0.25, 0.3) is 0 Å². The van der Waals surface area contributed by atoms with Gasteiger partial charge in [0, 0.05) is 6.04 Å². The number of carbonyl (C=O) groups is 1. The van der Waals surface area contributed by atoms with Crippen molar-refractivity contribution in [3.8, 4) is 5.75 Å². The lowest BCUT2D eigenvalue weighted by Gasteiger charge is -2.22. The monoisotopic (exact) mass is 424 g/mol. The van der Waals surface area contributed by atoms with E-state index >= 15 is 0 Å². The van der Waals surface area contributed by atoms with E-state index in [9.17, 15) is 22.0 Å². The van der Waals surface area contributed by atoms with Gasteiger partial charge in [-0.3, -0.25) is 4.79 Å². The van der Waals surface area contributed by atoms with Crippen LogP contribution in [0.1, 0.15) is 32.1 Å². The van der Waals surface area contributed by atoms with Gasteiger partial charge < -0.3 is 10.1 Å². The molecule has 2 N–H and O–H groups in total. The Morgan fingerprint density at radius 2 is 1.62 bits per heavy atom. The SMILES string of the molecule is O=C(COc1ccc(S(=O)(=O)NC2CCCCC2)cc1)Nc1c(F)cccc1F. The zero-order chi connectivity index (χ0) is 20.9. The lowest BCUT2D eigenvalue weighted by atomic mass is 9.96. The minimum absolute atomic E-state index is 0.0489. The molecular formula is C20H22F2N2O4S. The second kappa shape index (κ2) is 9.32. The zero-order valence-electron chi connectivity index (χ0n) is 15.7. The Balaban J connectivity index is 1.55. The number of benzene rings is 2. The van der Waals surface area contributed by atoms with Gasteiger partial charge in [-0.25, -0.2) is 21.9 Å². The number of para-hydroxylation sites is 1. The summed E-state index contributed by atoms with van der Waals surface area (Å²) in [6.45, 7) is -0.486. The van der Waals surface area contributed by atoms with Crippen LogP contribution in [0.15, 0.2) is 47.4 Å². The van der Waals surface area contributed by atoms with Crippen molar-refractivity contribution < 1.29 is 26.7 Å². The van der Waals surface area contributed by atoms with Gasteiger partial charge in [-0.15, -0.1) is 0 Å². The fraction of sp³-hybridized carbons (Fsp3) is 0.350. The van der Waals surface area contributed by atoms with Crippen LogP contribution in [0, 0.1) is 11.6 Å². The summed E-state index contributed by atoms with van der Waals surface area (Å²) in [4.78, 5) is 12.0. The second-order valence-electron chi connectivity index (χ2n) is 6.86. The number of ether oxygens (including phenoxy) is 1. The predicted molar refractivity (Wildman–Crippen MR) is 104 cm³/mol. The summed E-state index contributed by atoms with van der Waals surface area (Å²) in [5, 5.41) is 2.11. The van der Waals surface area contributed by atoms with Crippen LogP contribution in [0.2, 0.25) is 0 Å². The number of amides is 1. The van der Waals surface area contributed by atoms with Crippen molar-refractivity contribution in [2.45, 2.75) is 43.0 Å². The van der Waals surface area contributed by atoms with E-state index in [1.54, 1.807) is 0 Å². The Bertz CT molecular complexity index is 939. The standard InChI is InChI=1S/C20H22F2N2O4S/c21-17-7-4-8-18(22)20(17)23-19(25)13-28-15-9-11-16(12-10-15)29(26,27)24-14-5-2-1-3-6-14/h4,7-12,14,24H,1-3,5-6,13H2,(H,23,25). The molecule has 9 heteroatoms. The van der Waals surface area contributed by atoms with Gasteiger partial charge in [-0.1, -0.05) is 25.3 Å². The van der Waals surface area contributed by atoms with E-state index in [1.807, 2.05) is 0 Å². The van der Waals surface area contributed by atoms with Gasteiger partial charge in [0.25, 0.3) is 5.91 Å². The number of halogens is 2. The van der Waals surface area contributed by atoms with E-state index in [4.69, 9.17) is 4.74 Å². The molecule has 6 nitrogen and oxygen atoms in total. The van der Waals surface area contributed by atoms with Crippen LogP contribution in [-0.4, -0.2) is 27.0 Å². The van der Waals surface area contributed by atoms with E-state index in [-0.39, 0.29) is 16.7 Å². The highest BCUT2D eigenvalue weighted by molar-refractivity contribution is 7.89. The third-order valence-corrected chi connectivity index (χ3v) is 6.19. The molecule has 0 atom stereocenters. The molecule has 0 spiro atoms. The van der Waals surface area contributed by atoms with Crippen LogP contribution >= 0.6 is 0 Å². The number of nitrogens with one attached hydrogen (secondary N) is 2. The van der Waals surface area contributed by atoms with Crippen molar-refractivity contribution >= 4 is 21.6 Å². The molecule has 0 bridgehead atoms. The van der Waals surface area contributed by atoms with Gasteiger partial charge in [-0.05, 0) is 49.2 Å². The summed E-state index contributed by atoms with van der Waals surface area (Å²) >= 11 is 0. The number of anilines is 1. The Labute approximate surface area is 168 Å². The summed E-state index contributed by atoms with van der Waals surface area (Å²) in [5.74, 6) is -2.27. The number of rotatable bonds is 7. The first kappa shape index (κ1) is 21.2. The molecule has 1 aliphatic rings. The van der Waals surface area contributed by atoms with Gasteiger partial charge in [-0.2, -0.15) is 0 Å². The molecule has 29 heavy (non-hydrogen) atoms. The van der Waals surface area contributed by atoms with E-state index in [0.717, 1.165) is 44.2 Å². The Morgan fingerprint density at radius 3 is 2.24 bits per heavy atom. The van der Waals surface area contributed by atoms with Crippen LogP contribution in [0.4, 0.5) is 14.5 Å². The van der Waals surface area contributed by atoms with Crippen molar-refractivity contribution in [3.63, 3.8) is 0 Å². The maximum absolute atomic E-state index is 13.5. The summed E-state index contributed by atoms with van der Waals surface area (Å²) in [6, 6.07) is 8.81. The number of hydrogen-bond donors (Lipinski definition) is 2. The van der Waals surface area contributed by atoms with Crippen LogP contribution in [0.5, 0.6) is 5.75 Å². The molecule has 0 heterocycles. The first-order chi connectivity index (χ1) is 13.8. The minimum Gasteiger partial charge on any atom is -0.484 e. The molecule has 1 amide bonds. The zero-order valence-corrected chi connectivity index (χ0v) is 16.5. The smallest absolute Gasteiger partial charge is 0.262 e. The van der Waals surface area contributed by atoms with E-state index in [0.29, 0.717) is 0 Å². The summed E-state index contributed by atoms with van der Waals surface area (Å²) in [5.41, 5.74) is -0.545.